The lowest BCUT2D eigenvalue weighted by Gasteiger charge is -2.32. The van der Waals surface area contributed by atoms with Gasteiger partial charge in [-0.25, -0.2) is 0 Å². The van der Waals surface area contributed by atoms with Gasteiger partial charge in [0.2, 0.25) is 5.91 Å². The summed E-state index contributed by atoms with van der Waals surface area (Å²) in [5.41, 5.74) is -0.00406. The SMILES string of the molecule is COc1cccc(CNC(=O)[C@@H]2CCCN(C(=O)c3cccc(C(F)(F)F)c3)C2)c1. The molecule has 0 unspecified atom stereocenters. The number of rotatable bonds is 5. The Morgan fingerprint density at radius 1 is 1.17 bits per heavy atom. The number of hydrogen-bond donors (Lipinski definition) is 1. The van der Waals surface area contributed by atoms with E-state index in [9.17, 15) is 22.8 Å². The Bertz CT molecular complexity index is 914. The predicted molar refractivity (Wildman–Crippen MR) is 105 cm³/mol. The van der Waals surface area contributed by atoms with Gasteiger partial charge in [-0.3, -0.25) is 9.59 Å². The van der Waals surface area contributed by atoms with E-state index < -0.39 is 23.6 Å². The number of likely N-dealkylation sites (tertiary alicyclic amines) is 1. The fourth-order valence-electron chi connectivity index (χ4n) is 3.50. The van der Waals surface area contributed by atoms with Gasteiger partial charge in [-0.05, 0) is 48.7 Å². The van der Waals surface area contributed by atoms with Crippen LogP contribution in [0, 0.1) is 5.92 Å². The average molecular weight is 420 g/mol. The van der Waals surface area contributed by atoms with E-state index in [0.717, 1.165) is 17.7 Å². The molecule has 1 heterocycles. The molecule has 1 aliphatic heterocycles. The maximum Gasteiger partial charge on any atom is 0.416 e. The minimum absolute atomic E-state index is 0.0257. The predicted octanol–water partition coefficient (Wildman–Crippen LogP) is 3.88. The second-order valence-corrected chi connectivity index (χ2v) is 7.24. The van der Waals surface area contributed by atoms with Crippen LogP contribution in [-0.2, 0) is 17.5 Å². The van der Waals surface area contributed by atoms with Gasteiger partial charge in [-0.1, -0.05) is 18.2 Å². The van der Waals surface area contributed by atoms with Crippen molar-refractivity contribution in [3.8, 4) is 5.75 Å². The van der Waals surface area contributed by atoms with E-state index in [4.69, 9.17) is 4.74 Å². The molecule has 30 heavy (non-hydrogen) atoms. The minimum atomic E-state index is -4.51. The Balaban J connectivity index is 1.61. The fourth-order valence-corrected chi connectivity index (χ4v) is 3.50. The number of halogens is 3. The molecule has 160 valence electrons. The van der Waals surface area contributed by atoms with Crippen molar-refractivity contribution >= 4 is 11.8 Å². The lowest BCUT2D eigenvalue weighted by atomic mass is 9.96. The molecule has 1 atom stereocenters. The molecule has 5 nitrogen and oxygen atoms in total. The molecular formula is C22H23F3N2O3. The summed E-state index contributed by atoms with van der Waals surface area (Å²) in [4.78, 5) is 26.8. The van der Waals surface area contributed by atoms with Gasteiger partial charge in [0, 0.05) is 25.2 Å². The number of methoxy groups -OCH3 is 1. The first-order chi connectivity index (χ1) is 14.3. The number of ether oxygens (including phenoxy) is 1. The number of alkyl halides is 3. The summed E-state index contributed by atoms with van der Waals surface area (Å²) >= 11 is 0. The van der Waals surface area contributed by atoms with E-state index in [1.807, 2.05) is 24.3 Å². The van der Waals surface area contributed by atoms with Gasteiger partial charge < -0.3 is 15.0 Å². The van der Waals surface area contributed by atoms with Crippen LogP contribution in [0.25, 0.3) is 0 Å². The largest absolute Gasteiger partial charge is 0.497 e. The van der Waals surface area contributed by atoms with Crippen LogP contribution in [0.4, 0.5) is 13.2 Å². The van der Waals surface area contributed by atoms with Gasteiger partial charge in [0.15, 0.2) is 0 Å². The molecular weight excluding hydrogens is 397 g/mol. The Labute approximate surface area is 172 Å². The molecule has 0 saturated carbocycles. The molecule has 0 bridgehead atoms. The molecule has 1 fully saturated rings. The number of amides is 2. The lowest BCUT2D eigenvalue weighted by Crippen LogP contribution is -2.45. The highest BCUT2D eigenvalue weighted by Crippen LogP contribution is 2.30. The highest BCUT2D eigenvalue weighted by molar-refractivity contribution is 5.95. The van der Waals surface area contributed by atoms with Crippen LogP contribution < -0.4 is 10.1 Å². The first kappa shape index (κ1) is 21.7. The molecule has 1 N–H and O–H groups in total. The molecule has 3 rings (SSSR count). The standard InChI is InChI=1S/C22H23F3N2O3/c1-30-19-9-2-5-15(11-19)13-26-20(28)17-7-4-10-27(14-17)21(29)16-6-3-8-18(12-16)22(23,24)25/h2-3,5-6,8-9,11-12,17H,4,7,10,13-14H2,1H3,(H,26,28)/t17-/m1/s1. The van der Waals surface area contributed by atoms with Crippen molar-refractivity contribution < 1.29 is 27.5 Å². The number of hydrogen-bond acceptors (Lipinski definition) is 3. The van der Waals surface area contributed by atoms with E-state index in [1.54, 1.807) is 7.11 Å². The van der Waals surface area contributed by atoms with Crippen LogP contribution >= 0.6 is 0 Å². The second-order valence-electron chi connectivity index (χ2n) is 7.24. The number of benzene rings is 2. The first-order valence-corrected chi connectivity index (χ1v) is 9.65. The van der Waals surface area contributed by atoms with Crippen molar-refractivity contribution in [2.45, 2.75) is 25.6 Å². The topological polar surface area (TPSA) is 58.6 Å². The van der Waals surface area contributed by atoms with Crippen LogP contribution in [-0.4, -0.2) is 36.9 Å². The summed E-state index contributed by atoms with van der Waals surface area (Å²) in [5, 5.41) is 2.87. The van der Waals surface area contributed by atoms with Gasteiger partial charge in [0.05, 0.1) is 18.6 Å². The highest BCUT2D eigenvalue weighted by atomic mass is 19.4. The third-order valence-corrected chi connectivity index (χ3v) is 5.12. The van der Waals surface area contributed by atoms with Crippen LogP contribution in [0.2, 0.25) is 0 Å². The summed E-state index contributed by atoms with van der Waals surface area (Å²) in [6.45, 7) is 0.919. The number of carbonyl (C=O) groups is 2. The summed E-state index contributed by atoms with van der Waals surface area (Å²) in [6, 6.07) is 11.7. The second kappa shape index (κ2) is 9.19. The lowest BCUT2D eigenvalue weighted by molar-refractivity contribution is -0.137. The van der Waals surface area contributed by atoms with Crippen molar-refractivity contribution in [1.29, 1.82) is 0 Å². The summed E-state index contributed by atoms with van der Waals surface area (Å²) in [6.07, 6.45) is -3.28. The molecule has 1 saturated heterocycles. The first-order valence-electron chi connectivity index (χ1n) is 9.65. The maximum absolute atomic E-state index is 12.9. The van der Waals surface area contributed by atoms with Crippen LogP contribution in [0.3, 0.4) is 0 Å². The quantitative estimate of drug-likeness (QED) is 0.799. The van der Waals surface area contributed by atoms with Crippen LogP contribution in [0.5, 0.6) is 5.75 Å². The van der Waals surface area contributed by atoms with Gasteiger partial charge >= 0.3 is 6.18 Å². The van der Waals surface area contributed by atoms with Gasteiger partial charge in [-0.2, -0.15) is 13.2 Å². The maximum atomic E-state index is 12.9. The van der Waals surface area contributed by atoms with Crippen LogP contribution in [0.15, 0.2) is 48.5 Å². The zero-order valence-corrected chi connectivity index (χ0v) is 16.5. The highest BCUT2D eigenvalue weighted by Gasteiger charge is 2.33. The number of carbonyl (C=O) groups excluding carboxylic acids is 2. The van der Waals surface area contributed by atoms with Crippen molar-refractivity contribution in [2.24, 2.45) is 5.92 Å². The molecule has 8 heteroatoms. The monoisotopic (exact) mass is 420 g/mol. The van der Waals surface area contributed by atoms with E-state index >= 15 is 0 Å². The van der Waals surface area contributed by atoms with E-state index in [2.05, 4.69) is 5.32 Å². The third-order valence-electron chi connectivity index (χ3n) is 5.12. The smallest absolute Gasteiger partial charge is 0.416 e. The Hall–Kier alpha value is -3.03. The molecule has 0 radical (unpaired) electrons. The summed E-state index contributed by atoms with van der Waals surface area (Å²) in [5.74, 6) is -0.387. The zero-order chi connectivity index (χ0) is 21.7. The number of piperidine rings is 1. The van der Waals surface area contributed by atoms with Crippen molar-refractivity contribution in [3.05, 3.63) is 65.2 Å². The minimum Gasteiger partial charge on any atom is -0.497 e. The third kappa shape index (κ3) is 5.31. The number of nitrogens with zero attached hydrogens (tertiary/aromatic N) is 1. The normalized spacial score (nSPS) is 16.8. The van der Waals surface area contributed by atoms with E-state index in [-0.39, 0.29) is 18.0 Å². The van der Waals surface area contributed by atoms with Crippen molar-refractivity contribution in [3.63, 3.8) is 0 Å². The van der Waals surface area contributed by atoms with Crippen LogP contribution in [0.1, 0.15) is 34.3 Å². The van der Waals surface area contributed by atoms with Crippen molar-refractivity contribution in [2.75, 3.05) is 20.2 Å². The zero-order valence-electron chi connectivity index (χ0n) is 16.5. The molecule has 0 aromatic heterocycles. The Morgan fingerprint density at radius 3 is 2.67 bits per heavy atom. The number of nitrogens with one attached hydrogen (secondary N) is 1. The van der Waals surface area contributed by atoms with E-state index in [0.29, 0.717) is 31.7 Å². The summed E-state index contributed by atoms with van der Waals surface area (Å²) in [7, 11) is 1.57. The average Bonchev–Trinajstić information content (AvgIpc) is 2.76. The Morgan fingerprint density at radius 2 is 1.93 bits per heavy atom. The fraction of sp³-hybridized carbons (Fsp3) is 0.364. The molecule has 2 aromatic carbocycles. The van der Waals surface area contributed by atoms with Gasteiger partial charge in [0.25, 0.3) is 5.91 Å². The van der Waals surface area contributed by atoms with Gasteiger partial charge in [-0.15, -0.1) is 0 Å². The molecule has 1 aliphatic rings. The molecule has 2 amide bonds. The van der Waals surface area contributed by atoms with Gasteiger partial charge in [0.1, 0.15) is 5.75 Å². The van der Waals surface area contributed by atoms with Crippen molar-refractivity contribution in [1.82, 2.24) is 10.2 Å². The summed E-state index contributed by atoms with van der Waals surface area (Å²) < 4.78 is 43.9. The molecule has 2 aromatic rings. The van der Waals surface area contributed by atoms with E-state index in [1.165, 1.54) is 17.0 Å². The Kier molecular flexibility index (Phi) is 6.64. The molecule has 0 spiro atoms. The molecule has 0 aliphatic carbocycles.